The van der Waals surface area contributed by atoms with Crippen LogP contribution in [0.2, 0.25) is 0 Å². The zero-order valence-electron chi connectivity index (χ0n) is 19.2. The number of hydrogen-bond acceptors (Lipinski definition) is 7. The van der Waals surface area contributed by atoms with Crippen molar-refractivity contribution in [3.05, 3.63) is 29.8 Å². The Morgan fingerprint density at radius 3 is 2.16 bits per heavy atom. The van der Waals surface area contributed by atoms with Gasteiger partial charge < -0.3 is 31.1 Å². The molecule has 0 aliphatic carbocycles. The van der Waals surface area contributed by atoms with Crippen LogP contribution < -0.4 is 11.1 Å². The van der Waals surface area contributed by atoms with Crippen molar-refractivity contribution in [3.8, 4) is 5.75 Å². The summed E-state index contributed by atoms with van der Waals surface area (Å²) in [5, 5.41) is 20.9. The lowest BCUT2D eigenvalue weighted by Gasteiger charge is -2.43. The number of nitrogens with one attached hydrogen (secondary N) is 1. The van der Waals surface area contributed by atoms with E-state index in [0.717, 1.165) is 0 Å². The molecule has 0 bridgehead atoms. The Hall–Kier alpha value is -2.30. The monoisotopic (exact) mass is 466 g/mol. The molecule has 9 nitrogen and oxygen atoms in total. The number of carboxylic acids is 1. The molecule has 10 heteroatoms. The van der Waals surface area contributed by atoms with Gasteiger partial charge in [0, 0.05) is 4.75 Å². The van der Waals surface area contributed by atoms with Crippen molar-refractivity contribution >= 4 is 29.5 Å². The number of aliphatic carboxylic acids is 1. The summed E-state index contributed by atoms with van der Waals surface area (Å²) in [6, 6.07) is 3.21. The van der Waals surface area contributed by atoms with E-state index in [1.165, 1.54) is 60.6 Å². The zero-order valence-corrected chi connectivity index (χ0v) is 20.1. The number of benzene rings is 1. The number of phenolic OH excluding ortho intramolecular Hbond substituents is 1. The maximum atomic E-state index is 12.3. The minimum atomic E-state index is -1.06. The summed E-state index contributed by atoms with van der Waals surface area (Å²) in [5.41, 5.74) is 6.41. The smallest absolute Gasteiger partial charge is 0.327 e. The summed E-state index contributed by atoms with van der Waals surface area (Å²) in [6.07, 6.45) is 0. The minimum Gasteiger partial charge on any atom is -0.508 e. The van der Waals surface area contributed by atoms with Crippen LogP contribution in [-0.4, -0.2) is 79.6 Å². The second-order valence-electron chi connectivity index (χ2n) is 8.27. The van der Waals surface area contributed by atoms with Gasteiger partial charge in [0.1, 0.15) is 29.2 Å². The van der Waals surface area contributed by atoms with E-state index >= 15 is 0 Å². The number of β-lactam (4-membered cyclic amide) rings is 1. The normalized spacial score (nSPS) is 24.2. The highest BCUT2D eigenvalue weighted by Gasteiger charge is 2.64. The molecule has 4 atom stereocenters. The molecule has 2 aliphatic heterocycles. The van der Waals surface area contributed by atoms with Crippen LogP contribution in [0.5, 0.6) is 5.75 Å². The molecule has 3 rings (SSSR count). The molecule has 2 amide bonds. The van der Waals surface area contributed by atoms with Gasteiger partial charge in [0.25, 0.3) is 0 Å². The van der Waals surface area contributed by atoms with Gasteiger partial charge >= 0.3 is 5.97 Å². The number of hydrogen-bond donors (Lipinski definition) is 4. The first kappa shape index (κ1) is 26.0. The molecule has 1 aromatic carbocycles. The third-order valence-corrected chi connectivity index (χ3v) is 7.42. The molecule has 2 heterocycles. The highest BCUT2D eigenvalue weighted by atomic mass is 32.2. The van der Waals surface area contributed by atoms with Crippen molar-refractivity contribution < 1.29 is 24.6 Å². The van der Waals surface area contributed by atoms with Crippen molar-refractivity contribution in [3.63, 3.8) is 0 Å². The standard InChI is InChI=1S/C16H19N3O5S.C6H15N/c1-16(2)11(15(23)24)19-13(22)10(14(19)25-16)18-12(21)9(17)7-3-5-8(20)6-4-7;1-4-7(5-2)6-3/h3-6,9-11,14,20H,17H2,1-2H3,(H,18,21)(H,23,24);4-6H2,1-3H3/t9?,10?,11-,14+;/m0./s1. The SMILES string of the molecule is CC1(C)S[C@@H]2C(NC(=O)C(N)c3ccc(O)cc3)C(=O)N2[C@H]1C(=O)O.CCN(CC)CC. The first-order valence-corrected chi connectivity index (χ1v) is 11.7. The van der Waals surface area contributed by atoms with Crippen LogP contribution in [0.4, 0.5) is 0 Å². The van der Waals surface area contributed by atoms with Crippen molar-refractivity contribution in [1.82, 2.24) is 15.1 Å². The summed E-state index contributed by atoms with van der Waals surface area (Å²) in [6.45, 7) is 13.7. The summed E-state index contributed by atoms with van der Waals surface area (Å²) >= 11 is 1.35. The molecule has 0 spiro atoms. The van der Waals surface area contributed by atoms with E-state index in [0.29, 0.717) is 5.56 Å². The fraction of sp³-hybridized carbons (Fsp3) is 0.591. The first-order chi connectivity index (χ1) is 15.0. The van der Waals surface area contributed by atoms with Crippen molar-refractivity contribution in [2.24, 2.45) is 5.73 Å². The molecule has 178 valence electrons. The van der Waals surface area contributed by atoms with Gasteiger partial charge in [0.15, 0.2) is 0 Å². The number of fused-ring (bicyclic) bond motifs is 1. The maximum absolute atomic E-state index is 12.3. The van der Waals surface area contributed by atoms with Gasteiger partial charge in [-0.15, -0.1) is 11.8 Å². The van der Waals surface area contributed by atoms with E-state index in [1.54, 1.807) is 13.8 Å². The average molecular weight is 467 g/mol. The number of rotatable bonds is 7. The first-order valence-electron chi connectivity index (χ1n) is 10.8. The molecule has 0 radical (unpaired) electrons. The molecular weight excluding hydrogens is 432 g/mol. The van der Waals surface area contributed by atoms with Crippen molar-refractivity contribution in [1.29, 1.82) is 0 Å². The van der Waals surface area contributed by atoms with Crippen LogP contribution in [0, 0.1) is 0 Å². The second-order valence-corrected chi connectivity index (χ2v) is 10.0. The molecule has 2 unspecified atom stereocenters. The van der Waals surface area contributed by atoms with Gasteiger partial charge in [0.2, 0.25) is 11.8 Å². The molecule has 1 aromatic rings. The predicted octanol–water partition coefficient (Wildman–Crippen LogP) is 1.37. The number of thioether (sulfide) groups is 1. The Balaban J connectivity index is 0.000000451. The third kappa shape index (κ3) is 5.36. The Bertz CT molecular complexity index is 823. The summed E-state index contributed by atoms with van der Waals surface area (Å²) < 4.78 is -0.648. The largest absolute Gasteiger partial charge is 0.508 e. The molecule has 32 heavy (non-hydrogen) atoms. The van der Waals surface area contributed by atoms with E-state index in [4.69, 9.17) is 5.73 Å². The summed E-state index contributed by atoms with van der Waals surface area (Å²) in [4.78, 5) is 39.8. The quantitative estimate of drug-likeness (QED) is 0.443. The van der Waals surface area contributed by atoms with E-state index in [-0.39, 0.29) is 5.75 Å². The lowest BCUT2D eigenvalue weighted by molar-refractivity contribution is -0.161. The number of carboxylic acid groups (broad SMARTS) is 1. The van der Waals surface area contributed by atoms with Gasteiger partial charge in [-0.25, -0.2) is 4.79 Å². The fourth-order valence-corrected chi connectivity index (χ4v) is 5.52. The van der Waals surface area contributed by atoms with Crippen LogP contribution >= 0.6 is 11.8 Å². The van der Waals surface area contributed by atoms with Gasteiger partial charge in [-0.05, 0) is 51.2 Å². The fourth-order valence-electron chi connectivity index (χ4n) is 3.89. The van der Waals surface area contributed by atoms with Gasteiger partial charge in [-0.1, -0.05) is 32.9 Å². The number of aromatic hydroxyl groups is 1. The Kier molecular flexibility index (Phi) is 8.55. The van der Waals surface area contributed by atoms with Crippen LogP contribution in [0.25, 0.3) is 0 Å². The van der Waals surface area contributed by atoms with Gasteiger partial charge in [0.05, 0.1) is 0 Å². The second kappa shape index (κ2) is 10.5. The predicted molar refractivity (Wildman–Crippen MR) is 124 cm³/mol. The lowest BCUT2D eigenvalue weighted by atomic mass is 9.95. The Labute approximate surface area is 193 Å². The van der Waals surface area contributed by atoms with Gasteiger partial charge in [-0.2, -0.15) is 0 Å². The number of amides is 2. The number of nitrogens with two attached hydrogens (primary N) is 1. The number of carbonyl (C=O) groups excluding carboxylic acids is 2. The zero-order chi connectivity index (χ0) is 24.2. The third-order valence-electron chi connectivity index (χ3n) is 5.85. The number of nitrogens with zero attached hydrogens (tertiary/aromatic N) is 2. The van der Waals surface area contributed by atoms with E-state index < -0.39 is 46.0 Å². The molecule has 2 saturated heterocycles. The molecule has 5 N–H and O–H groups in total. The van der Waals surface area contributed by atoms with Crippen molar-refractivity contribution in [2.45, 2.75) is 62.9 Å². The van der Waals surface area contributed by atoms with Crippen LogP contribution in [0.3, 0.4) is 0 Å². The van der Waals surface area contributed by atoms with E-state index in [2.05, 4.69) is 31.0 Å². The Morgan fingerprint density at radius 1 is 1.19 bits per heavy atom. The highest BCUT2D eigenvalue weighted by molar-refractivity contribution is 8.01. The van der Waals surface area contributed by atoms with Crippen LogP contribution in [0.1, 0.15) is 46.2 Å². The number of phenols is 1. The maximum Gasteiger partial charge on any atom is 0.327 e. The van der Waals surface area contributed by atoms with Gasteiger partial charge in [-0.3, -0.25) is 9.59 Å². The lowest BCUT2D eigenvalue weighted by Crippen LogP contribution is -2.71. The van der Waals surface area contributed by atoms with Crippen LogP contribution in [-0.2, 0) is 14.4 Å². The summed E-state index contributed by atoms with van der Waals surface area (Å²) in [7, 11) is 0. The Morgan fingerprint density at radius 2 is 1.72 bits per heavy atom. The molecule has 0 saturated carbocycles. The van der Waals surface area contributed by atoms with E-state index in [1.807, 2.05) is 0 Å². The van der Waals surface area contributed by atoms with E-state index in [9.17, 15) is 24.6 Å². The molecular formula is C22H34N4O5S. The highest BCUT2D eigenvalue weighted by Crippen LogP contribution is 2.50. The number of carbonyl (C=O) groups is 3. The molecule has 2 fully saturated rings. The topological polar surface area (TPSA) is 136 Å². The van der Waals surface area contributed by atoms with Crippen LogP contribution in [0.15, 0.2) is 24.3 Å². The molecule has 2 aliphatic rings. The average Bonchev–Trinajstić information content (AvgIpc) is 3.01. The van der Waals surface area contributed by atoms with Crippen molar-refractivity contribution in [2.75, 3.05) is 19.6 Å². The minimum absolute atomic E-state index is 0.0606. The summed E-state index contributed by atoms with van der Waals surface area (Å²) in [5.74, 6) is -1.94. The molecule has 0 aromatic heterocycles.